The number of halogens is 1. The number of carbonyl (C=O) groups is 2. The van der Waals surface area contributed by atoms with Gasteiger partial charge in [0.2, 0.25) is 0 Å². The van der Waals surface area contributed by atoms with Crippen molar-refractivity contribution in [2.45, 2.75) is 12.8 Å². The van der Waals surface area contributed by atoms with Crippen molar-refractivity contribution in [3.8, 4) is 0 Å². The summed E-state index contributed by atoms with van der Waals surface area (Å²) in [6.45, 7) is 1.76. The first-order valence-electron chi connectivity index (χ1n) is 6.41. The van der Waals surface area contributed by atoms with E-state index in [1.165, 1.54) is 7.11 Å². The van der Waals surface area contributed by atoms with E-state index in [1.807, 2.05) is 24.3 Å². The zero-order chi connectivity index (χ0) is 14.5. The molecule has 21 heavy (non-hydrogen) atoms. The van der Waals surface area contributed by atoms with E-state index in [0.29, 0.717) is 11.1 Å². The van der Waals surface area contributed by atoms with Gasteiger partial charge in [0, 0.05) is 11.1 Å². The van der Waals surface area contributed by atoms with Crippen molar-refractivity contribution in [1.29, 1.82) is 0 Å². The molecule has 0 saturated carbocycles. The van der Waals surface area contributed by atoms with E-state index in [0.717, 1.165) is 5.56 Å². The molecule has 3 nitrogen and oxygen atoms in total. The summed E-state index contributed by atoms with van der Waals surface area (Å²) >= 11 is 0. The van der Waals surface area contributed by atoms with Crippen LogP contribution in [0, 0.1) is 0 Å². The highest BCUT2D eigenvalue weighted by molar-refractivity contribution is 6.09. The molecule has 0 aliphatic carbocycles. The highest BCUT2D eigenvalue weighted by atomic mass is 35.5. The fourth-order valence-corrected chi connectivity index (χ4v) is 2.02. The number of carbonyl (C=O) groups excluding carboxylic acids is 2. The van der Waals surface area contributed by atoms with Gasteiger partial charge in [-0.15, -0.1) is 12.4 Å². The van der Waals surface area contributed by atoms with E-state index in [1.54, 1.807) is 37.3 Å². The number of esters is 1. The fourth-order valence-electron chi connectivity index (χ4n) is 2.02. The second-order valence-electron chi connectivity index (χ2n) is 4.57. The summed E-state index contributed by atoms with van der Waals surface area (Å²) in [5.41, 5.74) is 1.98. The topological polar surface area (TPSA) is 43.4 Å². The van der Waals surface area contributed by atoms with Crippen LogP contribution in [-0.4, -0.2) is 18.9 Å². The Hall–Kier alpha value is -2.13. The van der Waals surface area contributed by atoms with Crippen molar-refractivity contribution in [3.63, 3.8) is 0 Å². The molecule has 0 bridgehead atoms. The predicted octanol–water partition coefficient (Wildman–Crippen LogP) is 3.62. The van der Waals surface area contributed by atoms with Gasteiger partial charge in [-0.2, -0.15) is 0 Å². The number of benzene rings is 2. The van der Waals surface area contributed by atoms with Crippen LogP contribution in [0.25, 0.3) is 0 Å². The fraction of sp³-hybridized carbons (Fsp3) is 0.176. The van der Waals surface area contributed by atoms with Gasteiger partial charge >= 0.3 is 5.97 Å². The molecule has 0 heterocycles. The van der Waals surface area contributed by atoms with Crippen LogP contribution in [0.2, 0.25) is 0 Å². The van der Waals surface area contributed by atoms with Crippen LogP contribution >= 0.6 is 12.4 Å². The Bertz CT molecular complexity index is 623. The summed E-state index contributed by atoms with van der Waals surface area (Å²) in [4.78, 5) is 23.9. The number of hydrogen-bond donors (Lipinski definition) is 0. The van der Waals surface area contributed by atoms with E-state index in [-0.39, 0.29) is 30.1 Å². The monoisotopic (exact) mass is 304 g/mol. The van der Waals surface area contributed by atoms with Crippen molar-refractivity contribution >= 4 is 24.2 Å². The van der Waals surface area contributed by atoms with E-state index >= 15 is 0 Å². The molecule has 2 aromatic rings. The first kappa shape index (κ1) is 16.9. The second kappa shape index (κ2) is 7.60. The molecule has 2 rings (SSSR count). The van der Waals surface area contributed by atoms with Gasteiger partial charge in [0.05, 0.1) is 13.0 Å². The molecule has 0 radical (unpaired) electrons. The number of methoxy groups -OCH3 is 1. The van der Waals surface area contributed by atoms with Crippen LogP contribution in [0.3, 0.4) is 0 Å². The van der Waals surface area contributed by atoms with Gasteiger partial charge in [0.1, 0.15) is 0 Å². The summed E-state index contributed by atoms with van der Waals surface area (Å²) in [6.07, 6.45) is 0. The third-order valence-electron chi connectivity index (χ3n) is 3.24. The van der Waals surface area contributed by atoms with Crippen LogP contribution in [0.5, 0.6) is 0 Å². The van der Waals surface area contributed by atoms with E-state index in [4.69, 9.17) is 4.74 Å². The Morgan fingerprint density at radius 1 is 0.952 bits per heavy atom. The van der Waals surface area contributed by atoms with Crippen molar-refractivity contribution in [3.05, 3.63) is 71.3 Å². The standard InChI is InChI=1S/C17H16O3.ClH/c1-12(17(19)20-2)14-9-6-10-15(11-14)16(18)13-7-4-3-5-8-13;/h3-12H,1-2H3;1H. The molecule has 0 amide bonds. The summed E-state index contributed by atoms with van der Waals surface area (Å²) in [5, 5.41) is 0. The number of rotatable bonds is 4. The summed E-state index contributed by atoms with van der Waals surface area (Å²) in [5.74, 6) is -0.748. The molecule has 4 heteroatoms. The minimum Gasteiger partial charge on any atom is -0.469 e. The second-order valence-corrected chi connectivity index (χ2v) is 4.57. The lowest BCUT2D eigenvalue weighted by Gasteiger charge is -2.10. The maximum Gasteiger partial charge on any atom is 0.312 e. The third-order valence-corrected chi connectivity index (χ3v) is 3.24. The van der Waals surface area contributed by atoms with Crippen LogP contribution in [-0.2, 0) is 9.53 Å². The highest BCUT2D eigenvalue weighted by Crippen LogP contribution is 2.19. The molecule has 0 fully saturated rings. The summed E-state index contributed by atoms with van der Waals surface area (Å²) < 4.78 is 4.73. The lowest BCUT2D eigenvalue weighted by atomic mass is 9.96. The number of ether oxygens (including phenoxy) is 1. The Morgan fingerprint density at radius 2 is 1.57 bits per heavy atom. The maximum atomic E-state index is 12.3. The Labute approximate surface area is 130 Å². The lowest BCUT2D eigenvalue weighted by molar-refractivity contribution is -0.141. The van der Waals surface area contributed by atoms with Crippen molar-refractivity contribution < 1.29 is 14.3 Å². The first-order chi connectivity index (χ1) is 9.63. The molecule has 0 aromatic heterocycles. The third kappa shape index (κ3) is 3.92. The molecule has 0 saturated heterocycles. The average Bonchev–Trinajstić information content (AvgIpc) is 2.53. The minimum absolute atomic E-state index is 0. The first-order valence-corrected chi connectivity index (χ1v) is 6.41. The molecule has 1 atom stereocenters. The van der Waals surface area contributed by atoms with Crippen LogP contribution in [0.1, 0.15) is 34.3 Å². The Balaban J connectivity index is 0.00000220. The quantitative estimate of drug-likeness (QED) is 0.640. The van der Waals surface area contributed by atoms with E-state index in [2.05, 4.69) is 0 Å². The van der Waals surface area contributed by atoms with Crippen LogP contribution < -0.4 is 0 Å². The van der Waals surface area contributed by atoms with Crippen LogP contribution in [0.4, 0.5) is 0 Å². The molecule has 0 N–H and O–H groups in total. The highest BCUT2D eigenvalue weighted by Gasteiger charge is 2.17. The average molecular weight is 305 g/mol. The van der Waals surface area contributed by atoms with E-state index in [9.17, 15) is 9.59 Å². The molecule has 0 aliphatic rings. The Morgan fingerprint density at radius 3 is 2.19 bits per heavy atom. The van der Waals surface area contributed by atoms with Crippen molar-refractivity contribution in [2.24, 2.45) is 0 Å². The molecule has 1 unspecified atom stereocenters. The van der Waals surface area contributed by atoms with Gasteiger partial charge in [-0.05, 0) is 18.6 Å². The Kier molecular flexibility index (Phi) is 6.12. The molecular formula is C17H17ClO3. The van der Waals surface area contributed by atoms with Crippen LogP contribution in [0.15, 0.2) is 54.6 Å². The largest absolute Gasteiger partial charge is 0.469 e. The van der Waals surface area contributed by atoms with Gasteiger partial charge in [-0.1, -0.05) is 48.5 Å². The van der Waals surface area contributed by atoms with E-state index < -0.39 is 0 Å². The molecule has 110 valence electrons. The van der Waals surface area contributed by atoms with Gasteiger partial charge < -0.3 is 4.74 Å². The lowest BCUT2D eigenvalue weighted by Crippen LogP contribution is -2.11. The van der Waals surface area contributed by atoms with Gasteiger partial charge in [-0.3, -0.25) is 9.59 Å². The predicted molar refractivity (Wildman–Crippen MR) is 84.0 cm³/mol. The summed E-state index contributed by atoms with van der Waals surface area (Å²) in [6, 6.07) is 16.2. The van der Waals surface area contributed by atoms with Crippen molar-refractivity contribution in [1.82, 2.24) is 0 Å². The molecule has 0 spiro atoms. The van der Waals surface area contributed by atoms with Gasteiger partial charge in [-0.25, -0.2) is 0 Å². The molecule has 0 aliphatic heterocycles. The maximum absolute atomic E-state index is 12.3. The SMILES string of the molecule is COC(=O)C(C)c1cccc(C(=O)c2ccccc2)c1.Cl. The number of hydrogen-bond acceptors (Lipinski definition) is 3. The smallest absolute Gasteiger partial charge is 0.312 e. The minimum atomic E-state index is -0.386. The van der Waals surface area contributed by atoms with Crippen molar-refractivity contribution in [2.75, 3.05) is 7.11 Å². The molecular weight excluding hydrogens is 288 g/mol. The normalized spacial score (nSPS) is 11.1. The van der Waals surface area contributed by atoms with Gasteiger partial charge in [0.15, 0.2) is 5.78 Å². The number of ketones is 1. The summed E-state index contributed by atoms with van der Waals surface area (Å²) in [7, 11) is 1.36. The zero-order valence-electron chi connectivity index (χ0n) is 11.9. The zero-order valence-corrected chi connectivity index (χ0v) is 12.7. The van der Waals surface area contributed by atoms with Gasteiger partial charge in [0.25, 0.3) is 0 Å². The molecule has 2 aromatic carbocycles.